The molecule has 2 rings (SSSR count). The number of halogens is 3. The molecule has 0 radical (unpaired) electrons. The first-order chi connectivity index (χ1) is 12.9. The molecular formula is C18H23F2IN4O2S. The van der Waals surface area contributed by atoms with Gasteiger partial charge in [0.25, 0.3) is 0 Å². The van der Waals surface area contributed by atoms with Crippen LogP contribution in [0.1, 0.15) is 11.1 Å². The molecule has 0 aliphatic carbocycles. The van der Waals surface area contributed by atoms with Crippen LogP contribution in [-0.4, -0.2) is 33.7 Å². The summed E-state index contributed by atoms with van der Waals surface area (Å²) < 4.78 is 53.4. The molecule has 3 N–H and O–H groups in total. The minimum atomic E-state index is -3.47. The third kappa shape index (κ3) is 8.48. The second-order valence-corrected chi connectivity index (χ2v) is 7.64. The monoisotopic (exact) mass is 524 g/mol. The van der Waals surface area contributed by atoms with Crippen molar-refractivity contribution in [2.24, 2.45) is 4.99 Å². The maximum absolute atomic E-state index is 13.6. The summed E-state index contributed by atoms with van der Waals surface area (Å²) in [4.78, 5) is 3.93. The lowest BCUT2D eigenvalue weighted by atomic mass is 10.2. The molecule has 2 aromatic rings. The van der Waals surface area contributed by atoms with Crippen molar-refractivity contribution in [2.75, 3.05) is 19.3 Å². The number of nitrogens with one attached hydrogen (secondary N) is 3. The van der Waals surface area contributed by atoms with Gasteiger partial charge < -0.3 is 10.6 Å². The molecule has 0 aliphatic rings. The number of rotatable bonds is 8. The Bertz CT molecular complexity index is 880. The minimum Gasteiger partial charge on any atom is -0.355 e. The molecule has 0 spiro atoms. The summed E-state index contributed by atoms with van der Waals surface area (Å²) in [6, 6.07) is 12.4. The van der Waals surface area contributed by atoms with Gasteiger partial charge in [-0.05, 0) is 23.8 Å². The van der Waals surface area contributed by atoms with Gasteiger partial charge in [0.1, 0.15) is 11.6 Å². The molecule has 0 atom stereocenters. The van der Waals surface area contributed by atoms with E-state index in [9.17, 15) is 17.2 Å². The second-order valence-electron chi connectivity index (χ2n) is 5.71. The number of guanidine groups is 1. The second kappa shape index (κ2) is 11.9. The third-order valence-corrected chi connectivity index (χ3v) is 5.01. The van der Waals surface area contributed by atoms with Crippen molar-refractivity contribution >= 4 is 40.0 Å². The van der Waals surface area contributed by atoms with E-state index >= 15 is 0 Å². The Labute approximate surface area is 180 Å². The normalized spacial score (nSPS) is 11.6. The summed E-state index contributed by atoms with van der Waals surface area (Å²) in [5.74, 6) is -0.940. The first-order valence-corrected chi connectivity index (χ1v) is 9.94. The van der Waals surface area contributed by atoms with E-state index in [0.29, 0.717) is 0 Å². The molecule has 0 fully saturated rings. The molecule has 10 heteroatoms. The lowest BCUT2D eigenvalue weighted by Gasteiger charge is -2.13. The summed E-state index contributed by atoms with van der Waals surface area (Å²) in [5, 5.41) is 5.65. The lowest BCUT2D eigenvalue weighted by molar-refractivity contribution is 0.578. The van der Waals surface area contributed by atoms with Crippen LogP contribution in [0.3, 0.4) is 0 Å². The first-order valence-electron chi connectivity index (χ1n) is 8.29. The Balaban J connectivity index is 0.00000392. The Hall–Kier alpha value is -1.79. The van der Waals surface area contributed by atoms with Gasteiger partial charge in [0.05, 0.1) is 5.75 Å². The third-order valence-electron chi connectivity index (χ3n) is 3.68. The highest BCUT2D eigenvalue weighted by Gasteiger charge is 2.10. The Morgan fingerprint density at radius 2 is 1.75 bits per heavy atom. The highest BCUT2D eigenvalue weighted by Crippen LogP contribution is 2.09. The largest absolute Gasteiger partial charge is 0.355 e. The van der Waals surface area contributed by atoms with E-state index < -0.39 is 21.7 Å². The quantitative estimate of drug-likeness (QED) is 0.282. The van der Waals surface area contributed by atoms with E-state index in [1.807, 2.05) is 30.3 Å². The van der Waals surface area contributed by atoms with Crippen LogP contribution in [0.5, 0.6) is 0 Å². The smallest absolute Gasteiger partial charge is 0.213 e. The van der Waals surface area contributed by atoms with E-state index in [1.165, 1.54) is 7.05 Å². The van der Waals surface area contributed by atoms with Crippen molar-refractivity contribution in [2.45, 2.75) is 13.1 Å². The van der Waals surface area contributed by atoms with E-state index in [1.54, 1.807) is 0 Å². The summed E-state index contributed by atoms with van der Waals surface area (Å²) in [6.07, 6.45) is 0. The van der Waals surface area contributed by atoms with E-state index in [0.717, 1.165) is 23.8 Å². The maximum Gasteiger partial charge on any atom is 0.213 e. The molecule has 154 valence electrons. The van der Waals surface area contributed by atoms with Crippen molar-refractivity contribution in [3.63, 3.8) is 0 Å². The fourth-order valence-corrected chi connectivity index (χ4v) is 3.15. The van der Waals surface area contributed by atoms with Crippen LogP contribution in [0.4, 0.5) is 8.78 Å². The predicted octanol–water partition coefficient (Wildman–Crippen LogP) is 2.37. The van der Waals surface area contributed by atoms with E-state index in [4.69, 9.17) is 0 Å². The standard InChI is InChI=1S/C18H22F2N4O2S.HI/c1-21-18(23-13-15-11-16(19)7-8-17(15)20)22-9-10-27(25,26)24-12-14-5-3-2-4-6-14;/h2-8,11,24H,9-10,12-13H2,1H3,(H2,21,22,23);1H. The summed E-state index contributed by atoms with van der Waals surface area (Å²) in [7, 11) is -1.97. The Morgan fingerprint density at radius 1 is 1.04 bits per heavy atom. The number of hydrogen-bond acceptors (Lipinski definition) is 3. The zero-order chi connectivity index (χ0) is 19.7. The van der Waals surface area contributed by atoms with Crippen LogP contribution >= 0.6 is 24.0 Å². The Morgan fingerprint density at radius 3 is 2.43 bits per heavy atom. The highest BCUT2D eigenvalue weighted by molar-refractivity contribution is 14.0. The molecule has 0 bridgehead atoms. The van der Waals surface area contributed by atoms with Crippen molar-refractivity contribution in [1.82, 2.24) is 15.4 Å². The van der Waals surface area contributed by atoms with Gasteiger partial charge in [-0.2, -0.15) is 0 Å². The Kier molecular flexibility index (Phi) is 10.3. The average Bonchev–Trinajstić information content (AvgIpc) is 2.66. The summed E-state index contributed by atoms with van der Waals surface area (Å²) >= 11 is 0. The molecule has 2 aromatic carbocycles. The van der Waals surface area contributed by atoms with Crippen molar-refractivity contribution in [3.05, 3.63) is 71.3 Å². The fraction of sp³-hybridized carbons (Fsp3) is 0.278. The molecule has 0 saturated carbocycles. The zero-order valence-corrected chi connectivity index (χ0v) is 18.4. The zero-order valence-electron chi connectivity index (χ0n) is 15.3. The SMILES string of the molecule is CN=C(NCCS(=O)(=O)NCc1ccccc1)NCc1cc(F)ccc1F.I. The molecule has 0 aliphatic heterocycles. The molecule has 0 saturated heterocycles. The topological polar surface area (TPSA) is 82.6 Å². The number of aliphatic imine (C=N–C) groups is 1. The van der Waals surface area contributed by atoms with Gasteiger partial charge in [-0.1, -0.05) is 30.3 Å². The molecule has 0 amide bonds. The van der Waals surface area contributed by atoms with Gasteiger partial charge in [-0.3, -0.25) is 4.99 Å². The maximum atomic E-state index is 13.6. The predicted molar refractivity (Wildman–Crippen MR) is 117 cm³/mol. The van der Waals surface area contributed by atoms with Crippen molar-refractivity contribution < 1.29 is 17.2 Å². The van der Waals surface area contributed by atoms with Gasteiger partial charge in [0.15, 0.2) is 5.96 Å². The molecular weight excluding hydrogens is 501 g/mol. The van der Waals surface area contributed by atoms with Gasteiger partial charge >= 0.3 is 0 Å². The number of benzene rings is 2. The van der Waals surface area contributed by atoms with Crippen LogP contribution in [0, 0.1) is 11.6 Å². The van der Waals surface area contributed by atoms with Crippen LogP contribution in [-0.2, 0) is 23.1 Å². The molecule has 0 unspecified atom stereocenters. The fourth-order valence-electron chi connectivity index (χ4n) is 2.24. The molecule has 0 aromatic heterocycles. The van der Waals surface area contributed by atoms with Gasteiger partial charge in [-0.25, -0.2) is 21.9 Å². The molecule has 0 heterocycles. The first kappa shape index (κ1) is 24.2. The van der Waals surface area contributed by atoms with Gasteiger partial charge in [0.2, 0.25) is 10.0 Å². The average molecular weight is 524 g/mol. The highest BCUT2D eigenvalue weighted by atomic mass is 127. The van der Waals surface area contributed by atoms with Gasteiger partial charge in [0, 0.05) is 32.2 Å². The minimum absolute atomic E-state index is 0. The molecule has 28 heavy (non-hydrogen) atoms. The van der Waals surface area contributed by atoms with Crippen molar-refractivity contribution in [3.8, 4) is 0 Å². The van der Waals surface area contributed by atoms with E-state index in [-0.39, 0.29) is 60.9 Å². The summed E-state index contributed by atoms with van der Waals surface area (Å²) in [5.41, 5.74) is 1.01. The lowest BCUT2D eigenvalue weighted by Crippen LogP contribution is -2.40. The van der Waals surface area contributed by atoms with E-state index in [2.05, 4.69) is 20.3 Å². The summed E-state index contributed by atoms with van der Waals surface area (Å²) in [6.45, 7) is 0.340. The van der Waals surface area contributed by atoms with Crippen LogP contribution < -0.4 is 15.4 Å². The van der Waals surface area contributed by atoms with Crippen molar-refractivity contribution in [1.29, 1.82) is 0 Å². The van der Waals surface area contributed by atoms with Gasteiger partial charge in [-0.15, -0.1) is 24.0 Å². The number of hydrogen-bond donors (Lipinski definition) is 3. The van der Waals surface area contributed by atoms with Crippen LogP contribution in [0.25, 0.3) is 0 Å². The van der Waals surface area contributed by atoms with Crippen LogP contribution in [0.2, 0.25) is 0 Å². The molecule has 6 nitrogen and oxygen atoms in total. The van der Waals surface area contributed by atoms with Crippen LogP contribution in [0.15, 0.2) is 53.5 Å². The number of sulfonamides is 1. The number of nitrogens with zero attached hydrogens (tertiary/aromatic N) is 1.